The standard InChI is InChI=1S/C24H23N3O3/c1-29-20-12-11-15(13-21(20)30-2)22-17(14-25)24(26)27(16-7-4-3-5-8-16)18-9-6-10-19(28)23(18)22/h3-5,7-8,11-13,22H,6,9-10,26H2,1-2H3. The van der Waals surface area contributed by atoms with Gasteiger partial charge in [-0.1, -0.05) is 24.3 Å². The first kappa shape index (κ1) is 19.6. The summed E-state index contributed by atoms with van der Waals surface area (Å²) in [5.74, 6) is 1.01. The maximum Gasteiger partial charge on any atom is 0.161 e. The minimum Gasteiger partial charge on any atom is -0.493 e. The van der Waals surface area contributed by atoms with Crippen molar-refractivity contribution in [2.75, 3.05) is 19.1 Å². The lowest BCUT2D eigenvalue weighted by atomic mass is 9.75. The zero-order chi connectivity index (χ0) is 21.3. The van der Waals surface area contributed by atoms with Crippen molar-refractivity contribution in [2.45, 2.75) is 25.2 Å². The van der Waals surface area contributed by atoms with Crippen LogP contribution in [-0.2, 0) is 4.79 Å². The summed E-state index contributed by atoms with van der Waals surface area (Å²) in [6.45, 7) is 0. The van der Waals surface area contributed by atoms with E-state index in [0.717, 1.165) is 29.8 Å². The lowest BCUT2D eigenvalue weighted by Gasteiger charge is -2.39. The SMILES string of the molecule is COc1ccc(C2C(C#N)=C(N)N(c3ccccc3)C3=C2C(=O)CCC3)cc1OC. The van der Waals surface area contributed by atoms with E-state index in [4.69, 9.17) is 15.2 Å². The number of Topliss-reactive ketones (excluding diaryl/α,β-unsaturated/α-hetero) is 1. The van der Waals surface area contributed by atoms with Crippen LogP contribution in [0, 0.1) is 11.3 Å². The molecule has 0 fully saturated rings. The van der Waals surface area contributed by atoms with E-state index in [-0.39, 0.29) is 5.78 Å². The lowest BCUT2D eigenvalue weighted by molar-refractivity contribution is -0.116. The number of carbonyl (C=O) groups excluding carboxylic acids is 1. The molecule has 1 heterocycles. The van der Waals surface area contributed by atoms with Crippen LogP contribution in [0.5, 0.6) is 11.5 Å². The minimum absolute atomic E-state index is 0.0530. The number of nitrogens with zero attached hydrogens (tertiary/aromatic N) is 2. The molecule has 0 saturated carbocycles. The fourth-order valence-electron chi connectivity index (χ4n) is 4.32. The number of anilines is 1. The summed E-state index contributed by atoms with van der Waals surface area (Å²) >= 11 is 0. The number of nitrogens with two attached hydrogens (primary N) is 1. The number of carbonyl (C=O) groups is 1. The van der Waals surface area contributed by atoms with Gasteiger partial charge in [-0.15, -0.1) is 0 Å². The van der Waals surface area contributed by atoms with Gasteiger partial charge in [-0.2, -0.15) is 5.26 Å². The molecule has 2 aliphatic rings. The highest BCUT2D eigenvalue weighted by atomic mass is 16.5. The van der Waals surface area contributed by atoms with Crippen LogP contribution in [0.25, 0.3) is 0 Å². The average Bonchev–Trinajstić information content (AvgIpc) is 2.78. The van der Waals surface area contributed by atoms with Gasteiger partial charge in [0.05, 0.1) is 31.8 Å². The summed E-state index contributed by atoms with van der Waals surface area (Å²) in [4.78, 5) is 15.0. The second-order valence-corrected chi connectivity index (χ2v) is 7.27. The summed E-state index contributed by atoms with van der Waals surface area (Å²) in [6, 6.07) is 17.4. The Morgan fingerprint density at radius 1 is 1.07 bits per heavy atom. The quantitative estimate of drug-likeness (QED) is 0.833. The van der Waals surface area contributed by atoms with Gasteiger partial charge in [0.25, 0.3) is 0 Å². The van der Waals surface area contributed by atoms with Crippen molar-refractivity contribution in [1.29, 1.82) is 5.26 Å². The van der Waals surface area contributed by atoms with Crippen LogP contribution in [0.2, 0.25) is 0 Å². The zero-order valence-corrected chi connectivity index (χ0v) is 17.0. The van der Waals surface area contributed by atoms with Crippen LogP contribution in [0.4, 0.5) is 5.69 Å². The predicted molar refractivity (Wildman–Crippen MR) is 114 cm³/mol. The van der Waals surface area contributed by atoms with Crippen LogP contribution in [0.15, 0.2) is 71.2 Å². The Bertz CT molecular complexity index is 1100. The third-order valence-corrected chi connectivity index (χ3v) is 5.67. The number of rotatable bonds is 4. The Kier molecular flexibility index (Phi) is 5.20. The van der Waals surface area contributed by atoms with Crippen molar-refractivity contribution in [3.05, 3.63) is 76.8 Å². The molecule has 6 nitrogen and oxygen atoms in total. The smallest absolute Gasteiger partial charge is 0.161 e. The van der Waals surface area contributed by atoms with E-state index < -0.39 is 5.92 Å². The molecule has 0 spiro atoms. The molecule has 0 amide bonds. The first-order valence-electron chi connectivity index (χ1n) is 9.83. The molecule has 2 N–H and O–H groups in total. The first-order valence-corrected chi connectivity index (χ1v) is 9.83. The molecule has 1 unspecified atom stereocenters. The Balaban J connectivity index is 1.95. The second-order valence-electron chi connectivity index (χ2n) is 7.27. The zero-order valence-electron chi connectivity index (χ0n) is 17.0. The number of para-hydroxylation sites is 1. The third kappa shape index (κ3) is 3.09. The summed E-state index contributed by atoms with van der Waals surface area (Å²) in [6.07, 6.45) is 1.94. The number of hydrogen-bond donors (Lipinski definition) is 1. The molecule has 1 atom stereocenters. The van der Waals surface area contributed by atoms with Gasteiger partial charge in [0.2, 0.25) is 0 Å². The Hall–Kier alpha value is -3.72. The van der Waals surface area contributed by atoms with Crippen molar-refractivity contribution < 1.29 is 14.3 Å². The number of benzene rings is 2. The van der Waals surface area contributed by atoms with Gasteiger partial charge >= 0.3 is 0 Å². The number of methoxy groups -OCH3 is 2. The largest absolute Gasteiger partial charge is 0.493 e. The van der Waals surface area contributed by atoms with E-state index in [9.17, 15) is 10.1 Å². The van der Waals surface area contributed by atoms with Gasteiger partial charge < -0.3 is 15.2 Å². The molecular weight excluding hydrogens is 378 g/mol. The Morgan fingerprint density at radius 2 is 1.80 bits per heavy atom. The Labute approximate surface area is 175 Å². The maximum absolute atomic E-state index is 13.1. The van der Waals surface area contributed by atoms with E-state index >= 15 is 0 Å². The van der Waals surface area contributed by atoms with Crippen molar-refractivity contribution in [1.82, 2.24) is 0 Å². The maximum atomic E-state index is 13.1. The first-order chi connectivity index (χ1) is 14.6. The molecule has 0 aromatic heterocycles. The minimum atomic E-state index is -0.530. The van der Waals surface area contributed by atoms with Gasteiger partial charge in [0, 0.05) is 23.4 Å². The molecule has 152 valence electrons. The molecule has 2 aromatic carbocycles. The highest BCUT2D eigenvalue weighted by Crippen LogP contribution is 2.47. The van der Waals surface area contributed by atoms with Crippen LogP contribution < -0.4 is 20.1 Å². The van der Waals surface area contributed by atoms with Crippen molar-refractivity contribution in [3.63, 3.8) is 0 Å². The summed E-state index contributed by atoms with van der Waals surface area (Å²) < 4.78 is 10.8. The summed E-state index contributed by atoms with van der Waals surface area (Å²) in [5, 5.41) is 10.1. The van der Waals surface area contributed by atoms with Gasteiger partial charge in [-0.25, -0.2) is 0 Å². The fraction of sp³-hybridized carbons (Fsp3) is 0.250. The number of ketones is 1. The molecule has 4 rings (SSSR count). The molecule has 0 bridgehead atoms. The normalized spacial score (nSPS) is 18.8. The molecule has 1 aliphatic carbocycles. The Morgan fingerprint density at radius 3 is 2.47 bits per heavy atom. The number of nitriles is 1. The molecule has 1 aliphatic heterocycles. The summed E-state index contributed by atoms with van der Waals surface area (Å²) in [7, 11) is 3.13. The third-order valence-electron chi connectivity index (χ3n) is 5.67. The van der Waals surface area contributed by atoms with Crippen LogP contribution in [0.3, 0.4) is 0 Å². The summed E-state index contributed by atoms with van der Waals surface area (Å²) in [5.41, 5.74) is 10.0. The van der Waals surface area contributed by atoms with Crippen LogP contribution in [0.1, 0.15) is 30.7 Å². The number of hydrogen-bond acceptors (Lipinski definition) is 6. The highest BCUT2D eigenvalue weighted by molar-refractivity contribution is 6.01. The molecule has 0 saturated heterocycles. The second kappa shape index (κ2) is 7.96. The van der Waals surface area contributed by atoms with E-state index in [1.807, 2.05) is 47.4 Å². The molecular formula is C24H23N3O3. The average molecular weight is 401 g/mol. The van der Waals surface area contributed by atoms with E-state index in [2.05, 4.69) is 6.07 Å². The molecule has 0 radical (unpaired) electrons. The predicted octanol–water partition coefficient (Wildman–Crippen LogP) is 4.01. The topological polar surface area (TPSA) is 88.6 Å². The lowest BCUT2D eigenvalue weighted by Crippen LogP contribution is -2.38. The van der Waals surface area contributed by atoms with Gasteiger partial charge in [0.1, 0.15) is 5.82 Å². The molecule has 30 heavy (non-hydrogen) atoms. The molecule has 2 aromatic rings. The fourth-order valence-corrected chi connectivity index (χ4v) is 4.32. The van der Waals surface area contributed by atoms with E-state index in [1.165, 1.54) is 0 Å². The van der Waals surface area contributed by atoms with E-state index in [1.54, 1.807) is 20.3 Å². The van der Waals surface area contributed by atoms with Crippen molar-refractivity contribution >= 4 is 11.5 Å². The number of ether oxygens (including phenoxy) is 2. The van der Waals surface area contributed by atoms with Gasteiger partial charge in [-0.05, 0) is 42.7 Å². The monoisotopic (exact) mass is 401 g/mol. The van der Waals surface area contributed by atoms with Gasteiger partial charge in [0.15, 0.2) is 17.3 Å². The van der Waals surface area contributed by atoms with Crippen molar-refractivity contribution in [3.8, 4) is 17.6 Å². The van der Waals surface area contributed by atoms with Gasteiger partial charge in [-0.3, -0.25) is 9.69 Å². The van der Waals surface area contributed by atoms with E-state index in [0.29, 0.717) is 34.9 Å². The molecule has 6 heteroatoms. The number of allylic oxidation sites excluding steroid dienone is 3. The van der Waals surface area contributed by atoms with Crippen molar-refractivity contribution in [2.24, 2.45) is 5.73 Å². The van der Waals surface area contributed by atoms with Crippen LogP contribution in [-0.4, -0.2) is 20.0 Å². The highest BCUT2D eigenvalue weighted by Gasteiger charge is 2.40. The van der Waals surface area contributed by atoms with Crippen LogP contribution >= 0.6 is 0 Å².